The summed E-state index contributed by atoms with van der Waals surface area (Å²) in [6.45, 7) is 5.96. The molecule has 1 saturated heterocycles. The first-order valence-electron chi connectivity index (χ1n) is 8.16. The van der Waals surface area contributed by atoms with E-state index >= 15 is 0 Å². The van der Waals surface area contributed by atoms with Crippen molar-refractivity contribution in [2.75, 3.05) is 13.1 Å². The number of fused-ring (bicyclic) bond motifs is 1. The second-order valence-electron chi connectivity index (χ2n) is 7.08. The first kappa shape index (κ1) is 16.9. The molecule has 3 amide bonds. The molecule has 0 aromatic rings. The molecule has 1 heterocycles. The fourth-order valence-electron chi connectivity index (χ4n) is 3.32. The van der Waals surface area contributed by atoms with Crippen LogP contribution < -0.4 is 11.1 Å². The van der Waals surface area contributed by atoms with Gasteiger partial charge in [0.2, 0.25) is 17.7 Å². The van der Waals surface area contributed by atoms with Crippen LogP contribution in [-0.4, -0.2) is 41.2 Å². The molecule has 0 bridgehead atoms. The predicted octanol–water partition coefficient (Wildman–Crippen LogP) is 0.651. The number of carbonyl (C=O) groups is 3. The molecular formula is C16H27N3O3. The van der Waals surface area contributed by atoms with Gasteiger partial charge in [-0.25, -0.2) is 0 Å². The van der Waals surface area contributed by atoms with Gasteiger partial charge in [0.1, 0.15) is 6.54 Å². The van der Waals surface area contributed by atoms with Gasteiger partial charge in [-0.05, 0) is 25.7 Å². The number of amides is 3. The lowest BCUT2D eigenvalue weighted by atomic mass is 9.81. The Kier molecular flexibility index (Phi) is 4.90. The minimum atomic E-state index is -0.532. The highest BCUT2D eigenvalue weighted by Crippen LogP contribution is 2.37. The second-order valence-corrected chi connectivity index (χ2v) is 7.08. The van der Waals surface area contributed by atoms with Crippen LogP contribution in [0.25, 0.3) is 0 Å². The maximum absolute atomic E-state index is 12.4. The summed E-state index contributed by atoms with van der Waals surface area (Å²) in [5, 5.41) is 2.88. The molecule has 2 aliphatic rings. The van der Waals surface area contributed by atoms with Crippen molar-refractivity contribution in [3.05, 3.63) is 0 Å². The average Bonchev–Trinajstić information content (AvgIpc) is 2.72. The minimum Gasteiger partial charge on any atom is -0.348 e. The Labute approximate surface area is 131 Å². The van der Waals surface area contributed by atoms with E-state index in [-0.39, 0.29) is 42.0 Å². The Morgan fingerprint density at radius 1 is 1.27 bits per heavy atom. The smallest absolute Gasteiger partial charge is 0.240 e. The Hall–Kier alpha value is -1.43. The minimum absolute atomic E-state index is 0.161. The van der Waals surface area contributed by atoms with Crippen molar-refractivity contribution in [1.29, 1.82) is 0 Å². The summed E-state index contributed by atoms with van der Waals surface area (Å²) >= 11 is 0. The molecular weight excluding hydrogens is 282 g/mol. The van der Waals surface area contributed by atoms with Crippen molar-refractivity contribution in [2.24, 2.45) is 23.5 Å². The summed E-state index contributed by atoms with van der Waals surface area (Å²) in [6, 6.07) is 0. The van der Waals surface area contributed by atoms with E-state index in [0.29, 0.717) is 6.54 Å². The first-order chi connectivity index (χ1) is 10.3. The number of likely N-dealkylation sites (tertiary alicyclic amines) is 1. The molecule has 1 aliphatic carbocycles. The van der Waals surface area contributed by atoms with Gasteiger partial charge in [-0.3, -0.25) is 19.3 Å². The zero-order valence-corrected chi connectivity index (χ0v) is 13.7. The molecule has 124 valence electrons. The standard InChI is InChI=1S/C16H27N3O3/c1-10(2)16(3,9-17)18-13(20)8-19-14(21)11-6-4-5-7-12(11)15(19)22/h10-12H,4-9,17H2,1-3H3,(H,18,20). The summed E-state index contributed by atoms with van der Waals surface area (Å²) in [6.07, 6.45) is 3.50. The maximum atomic E-state index is 12.4. The van der Waals surface area contributed by atoms with Gasteiger partial charge in [-0.2, -0.15) is 0 Å². The van der Waals surface area contributed by atoms with Crippen molar-refractivity contribution in [2.45, 2.75) is 52.0 Å². The van der Waals surface area contributed by atoms with E-state index in [1.54, 1.807) is 0 Å². The Balaban J connectivity index is 2.02. The van der Waals surface area contributed by atoms with Crippen molar-refractivity contribution in [3.63, 3.8) is 0 Å². The fourth-order valence-corrected chi connectivity index (χ4v) is 3.32. The van der Waals surface area contributed by atoms with Crippen LogP contribution in [0.1, 0.15) is 46.5 Å². The van der Waals surface area contributed by atoms with Gasteiger partial charge in [0.25, 0.3) is 0 Å². The summed E-state index contributed by atoms with van der Waals surface area (Å²) in [4.78, 5) is 38.1. The van der Waals surface area contributed by atoms with E-state index in [9.17, 15) is 14.4 Å². The van der Waals surface area contributed by atoms with Crippen molar-refractivity contribution in [1.82, 2.24) is 10.2 Å². The first-order valence-corrected chi connectivity index (χ1v) is 8.16. The molecule has 0 spiro atoms. The van der Waals surface area contributed by atoms with Gasteiger partial charge in [0.15, 0.2) is 0 Å². The van der Waals surface area contributed by atoms with Crippen LogP contribution >= 0.6 is 0 Å². The Morgan fingerprint density at radius 3 is 2.18 bits per heavy atom. The molecule has 2 fully saturated rings. The van der Waals surface area contributed by atoms with Gasteiger partial charge in [0.05, 0.1) is 17.4 Å². The molecule has 2 rings (SSSR count). The molecule has 0 aromatic carbocycles. The topological polar surface area (TPSA) is 92.5 Å². The van der Waals surface area contributed by atoms with Crippen LogP contribution in [0.2, 0.25) is 0 Å². The Bertz CT molecular complexity index is 453. The van der Waals surface area contributed by atoms with E-state index in [4.69, 9.17) is 5.73 Å². The largest absolute Gasteiger partial charge is 0.348 e. The van der Waals surface area contributed by atoms with E-state index in [2.05, 4.69) is 5.32 Å². The number of hydrogen-bond donors (Lipinski definition) is 2. The predicted molar refractivity (Wildman–Crippen MR) is 82.6 cm³/mol. The average molecular weight is 309 g/mol. The summed E-state index contributed by atoms with van der Waals surface area (Å²) in [5.41, 5.74) is 5.22. The van der Waals surface area contributed by atoms with Crippen LogP contribution in [0.15, 0.2) is 0 Å². The van der Waals surface area contributed by atoms with E-state index in [0.717, 1.165) is 30.6 Å². The molecule has 6 heteroatoms. The van der Waals surface area contributed by atoms with Crippen LogP contribution in [0.4, 0.5) is 0 Å². The van der Waals surface area contributed by atoms with E-state index in [1.165, 1.54) is 0 Å². The molecule has 1 saturated carbocycles. The lowest BCUT2D eigenvalue weighted by molar-refractivity contribution is -0.144. The molecule has 3 atom stereocenters. The normalized spacial score (nSPS) is 27.8. The quantitative estimate of drug-likeness (QED) is 0.729. The molecule has 22 heavy (non-hydrogen) atoms. The zero-order valence-electron chi connectivity index (χ0n) is 13.7. The van der Waals surface area contributed by atoms with Gasteiger partial charge in [0, 0.05) is 6.54 Å². The molecule has 0 radical (unpaired) electrons. The highest BCUT2D eigenvalue weighted by molar-refractivity contribution is 6.07. The van der Waals surface area contributed by atoms with Crippen LogP contribution in [0.5, 0.6) is 0 Å². The number of nitrogens with one attached hydrogen (secondary N) is 1. The lowest BCUT2D eigenvalue weighted by Crippen LogP contribution is -2.57. The van der Waals surface area contributed by atoms with Crippen molar-refractivity contribution >= 4 is 17.7 Å². The number of carbonyl (C=O) groups excluding carboxylic acids is 3. The third kappa shape index (κ3) is 3.02. The van der Waals surface area contributed by atoms with Crippen LogP contribution in [-0.2, 0) is 14.4 Å². The Morgan fingerprint density at radius 2 is 1.77 bits per heavy atom. The third-order valence-electron chi connectivity index (χ3n) is 5.36. The highest BCUT2D eigenvalue weighted by Gasteiger charge is 2.48. The van der Waals surface area contributed by atoms with Crippen LogP contribution in [0, 0.1) is 17.8 Å². The van der Waals surface area contributed by atoms with E-state index < -0.39 is 5.54 Å². The lowest BCUT2D eigenvalue weighted by Gasteiger charge is -2.34. The fraction of sp³-hybridized carbons (Fsp3) is 0.812. The second kappa shape index (κ2) is 6.36. The zero-order chi connectivity index (χ0) is 16.5. The van der Waals surface area contributed by atoms with Crippen molar-refractivity contribution in [3.8, 4) is 0 Å². The number of rotatable bonds is 5. The number of hydrogen-bond acceptors (Lipinski definition) is 4. The molecule has 0 aromatic heterocycles. The summed E-state index contributed by atoms with van der Waals surface area (Å²) in [7, 11) is 0. The monoisotopic (exact) mass is 309 g/mol. The SMILES string of the molecule is CC(C)C(C)(CN)NC(=O)CN1C(=O)C2CCCCC2C1=O. The summed E-state index contributed by atoms with van der Waals surface area (Å²) < 4.78 is 0. The summed E-state index contributed by atoms with van der Waals surface area (Å²) in [5.74, 6) is -0.927. The number of imide groups is 1. The van der Waals surface area contributed by atoms with Crippen LogP contribution in [0.3, 0.4) is 0 Å². The highest BCUT2D eigenvalue weighted by atomic mass is 16.2. The van der Waals surface area contributed by atoms with Crippen molar-refractivity contribution < 1.29 is 14.4 Å². The van der Waals surface area contributed by atoms with Gasteiger partial charge >= 0.3 is 0 Å². The molecule has 6 nitrogen and oxygen atoms in total. The van der Waals surface area contributed by atoms with Gasteiger partial charge in [-0.1, -0.05) is 26.7 Å². The maximum Gasteiger partial charge on any atom is 0.240 e. The number of nitrogens with two attached hydrogens (primary N) is 1. The third-order valence-corrected chi connectivity index (χ3v) is 5.36. The van der Waals surface area contributed by atoms with E-state index in [1.807, 2.05) is 20.8 Å². The van der Waals surface area contributed by atoms with Gasteiger partial charge < -0.3 is 11.1 Å². The molecule has 1 aliphatic heterocycles. The molecule has 3 N–H and O–H groups in total. The number of nitrogens with zero attached hydrogens (tertiary/aromatic N) is 1. The van der Waals surface area contributed by atoms with Gasteiger partial charge in [-0.15, -0.1) is 0 Å². The molecule has 3 unspecified atom stereocenters.